The van der Waals surface area contributed by atoms with Gasteiger partial charge in [-0.25, -0.2) is 4.39 Å². The highest BCUT2D eigenvalue weighted by Crippen LogP contribution is 2.25. The van der Waals surface area contributed by atoms with Crippen LogP contribution < -0.4 is 9.64 Å². The van der Waals surface area contributed by atoms with E-state index in [0.717, 1.165) is 39.3 Å². The van der Waals surface area contributed by atoms with Gasteiger partial charge in [0.2, 0.25) is 0 Å². The summed E-state index contributed by atoms with van der Waals surface area (Å²) in [6, 6.07) is 5.10. The van der Waals surface area contributed by atoms with E-state index < -0.39 is 0 Å². The van der Waals surface area contributed by atoms with Crippen LogP contribution in [0.15, 0.2) is 18.2 Å². The first kappa shape index (κ1) is 18.0. The molecule has 1 fully saturated rings. The second-order valence-corrected chi connectivity index (χ2v) is 6.09. The number of likely N-dealkylation sites (N-methyl/N-ethyl adjacent to an activating group) is 1. The van der Waals surface area contributed by atoms with E-state index in [4.69, 9.17) is 9.47 Å². The number of benzene rings is 1. The van der Waals surface area contributed by atoms with Crippen molar-refractivity contribution in [1.29, 1.82) is 0 Å². The van der Waals surface area contributed by atoms with Crippen molar-refractivity contribution < 1.29 is 13.9 Å². The average molecular weight is 325 g/mol. The zero-order valence-corrected chi connectivity index (χ0v) is 14.4. The molecule has 0 N–H and O–H groups in total. The number of hydrogen-bond donors (Lipinski definition) is 0. The number of rotatable bonds is 8. The summed E-state index contributed by atoms with van der Waals surface area (Å²) >= 11 is 0. The van der Waals surface area contributed by atoms with Crippen molar-refractivity contribution in [2.24, 2.45) is 0 Å². The van der Waals surface area contributed by atoms with E-state index in [2.05, 4.69) is 28.8 Å². The van der Waals surface area contributed by atoms with E-state index in [1.807, 2.05) is 12.1 Å². The Morgan fingerprint density at radius 1 is 1.13 bits per heavy atom. The molecule has 6 heteroatoms. The van der Waals surface area contributed by atoms with Gasteiger partial charge in [-0.05, 0) is 26.2 Å². The predicted molar refractivity (Wildman–Crippen MR) is 91.0 cm³/mol. The van der Waals surface area contributed by atoms with Gasteiger partial charge in [0.25, 0.3) is 0 Å². The lowest BCUT2D eigenvalue weighted by Gasteiger charge is -2.36. The zero-order chi connectivity index (χ0) is 16.7. The maximum absolute atomic E-state index is 14.3. The second-order valence-electron chi connectivity index (χ2n) is 6.09. The number of ether oxygens (including phenoxy) is 2. The summed E-state index contributed by atoms with van der Waals surface area (Å²) in [7, 11) is 5.79. The van der Waals surface area contributed by atoms with Gasteiger partial charge >= 0.3 is 0 Å². The summed E-state index contributed by atoms with van der Waals surface area (Å²) in [6.45, 7) is 6.71. The van der Waals surface area contributed by atoms with Crippen molar-refractivity contribution in [3.63, 3.8) is 0 Å². The van der Waals surface area contributed by atoms with Crippen molar-refractivity contribution in [3.05, 3.63) is 24.0 Å². The van der Waals surface area contributed by atoms with Crippen molar-refractivity contribution in [2.75, 3.05) is 78.6 Å². The molecule has 0 spiro atoms. The first-order valence-corrected chi connectivity index (χ1v) is 8.13. The van der Waals surface area contributed by atoms with Gasteiger partial charge in [-0.15, -0.1) is 0 Å². The smallest absolute Gasteiger partial charge is 0.150 e. The first-order valence-electron chi connectivity index (χ1n) is 8.13. The molecular weight excluding hydrogens is 297 g/mol. The molecule has 0 saturated carbocycles. The van der Waals surface area contributed by atoms with Gasteiger partial charge in [0.15, 0.2) is 0 Å². The molecule has 5 nitrogen and oxygen atoms in total. The number of nitrogens with zero attached hydrogens (tertiary/aromatic N) is 3. The van der Waals surface area contributed by atoms with Crippen molar-refractivity contribution >= 4 is 5.69 Å². The SMILES string of the molecule is COCCOc1ccc(N2CCN(CCN(C)C)CC2)c(F)c1. The lowest BCUT2D eigenvalue weighted by atomic mass is 10.2. The van der Waals surface area contributed by atoms with E-state index in [0.29, 0.717) is 24.7 Å². The summed E-state index contributed by atoms with van der Waals surface area (Å²) in [6.07, 6.45) is 0. The summed E-state index contributed by atoms with van der Waals surface area (Å²) in [4.78, 5) is 6.73. The van der Waals surface area contributed by atoms with E-state index in [1.54, 1.807) is 7.11 Å². The Labute approximate surface area is 138 Å². The highest BCUT2D eigenvalue weighted by atomic mass is 19.1. The Kier molecular flexibility index (Phi) is 7.08. The third kappa shape index (κ3) is 5.64. The Balaban J connectivity index is 1.85. The Hall–Kier alpha value is -1.37. The van der Waals surface area contributed by atoms with Gasteiger partial charge in [0, 0.05) is 52.4 Å². The molecule has 23 heavy (non-hydrogen) atoms. The Morgan fingerprint density at radius 3 is 2.48 bits per heavy atom. The van der Waals surface area contributed by atoms with Crippen LogP contribution >= 0.6 is 0 Å². The molecule has 1 aromatic rings. The van der Waals surface area contributed by atoms with Gasteiger partial charge < -0.3 is 19.3 Å². The van der Waals surface area contributed by atoms with Crippen LogP contribution in [0.4, 0.5) is 10.1 Å². The summed E-state index contributed by atoms with van der Waals surface area (Å²) in [5.41, 5.74) is 0.663. The summed E-state index contributed by atoms with van der Waals surface area (Å²) < 4.78 is 24.7. The Bertz CT molecular complexity index is 477. The maximum atomic E-state index is 14.3. The van der Waals surface area contributed by atoms with Crippen LogP contribution in [0.25, 0.3) is 0 Å². The quantitative estimate of drug-likeness (QED) is 0.676. The minimum Gasteiger partial charge on any atom is -0.491 e. The van der Waals surface area contributed by atoms with Crippen LogP contribution in [0.2, 0.25) is 0 Å². The van der Waals surface area contributed by atoms with E-state index in [-0.39, 0.29) is 5.82 Å². The molecular formula is C17H28FN3O2. The Morgan fingerprint density at radius 2 is 1.87 bits per heavy atom. The number of piperazine rings is 1. The van der Waals surface area contributed by atoms with Crippen molar-refractivity contribution in [1.82, 2.24) is 9.80 Å². The van der Waals surface area contributed by atoms with E-state index in [9.17, 15) is 4.39 Å². The molecule has 0 atom stereocenters. The number of halogens is 1. The molecule has 1 aliphatic heterocycles. The minimum atomic E-state index is -0.221. The van der Waals surface area contributed by atoms with Crippen LogP contribution in [-0.2, 0) is 4.74 Å². The molecule has 1 saturated heterocycles. The first-order chi connectivity index (χ1) is 11.1. The molecule has 0 unspecified atom stereocenters. The standard InChI is InChI=1S/C17H28FN3O2/c1-19(2)6-7-20-8-10-21(11-9-20)17-5-4-15(14-16(17)18)23-13-12-22-3/h4-5,14H,6-13H2,1-3H3. The molecule has 1 heterocycles. The lowest BCUT2D eigenvalue weighted by Crippen LogP contribution is -2.48. The van der Waals surface area contributed by atoms with Crippen LogP contribution in [0, 0.1) is 5.82 Å². The minimum absolute atomic E-state index is 0.221. The largest absolute Gasteiger partial charge is 0.491 e. The monoisotopic (exact) mass is 325 g/mol. The van der Waals surface area contributed by atoms with E-state index >= 15 is 0 Å². The molecule has 0 bridgehead atoms. The third-order valence-electron chi connectivity index (χ3n) is 4.05. The lowest BCUT2D eigenvalue weighted by molar-refractivity contribution is 0.146. The number of anilines is 1. The molecule has 0 aromatic heterocycles. The third-order valence-corrected chi connectivity index (χ3v) is 4.05. The van der Waals surface area contributed by atoms with Gasteiger partial charge in [0.1, 0.15) is 18.2 Å². The topological polar surface area (TPSA) is 28.2 Å². The second kappa shape index (κ2) is 9.05. The van der Waals surface area contributed by atoms with Crippen molar-refractivity contribution in [3.8, 4) is 5.75 Å². The number of methoxy groups -OCH3 is 1. The van der Waals surface area contributed by atoms with Gasteiger partial charge in [-0.1, -0.05) is 0 Å². The molecule has 0 amide bonds. The van der Waals surface area contributed by atoms with Gasteiger partial charge in [0.05, 0.1) is 12.3 Å². The fraction of sp³-hybridized carbons (Fsp3) is 0.647. The fourth-order valence-electron chi connectivity index (χ4n) is 2.63. The highest BCUT2D eigenvalue weighted by Gasteiger charge is 2.19. The summed E-state index contributed by atoms with van der Waals surface area (Å²) in [5.74, 6) is 0.328. The van der Waals surface area contributed by atoms with Crippen LogP contribution in [-0.4, -0.2) is 83.5 Å². The summed E-state index contributed by atoms with van der Waals surface area (Å²) in [5, 5.41) is 0. The zero-order valence-electron chi connectivity index (χ0n) is 14.4. The fourth-order valence-corrected chi connectivity index (χ4v) is 2.63. The average Bonchev–Trinajstić information content (AvgIpc) is 2.54. The van der Waals surface area contributed by atoms with E-state index in [1.165, 1.54) is 6.07 Å². The van der Waals surface area contributed by atoms with Crippen molar-refractivity contribution in [2.45, 2.75) is 0 Å². The number of hydrogen-bond acceptors (Lipinski definition) is 5. The maximum Gasteiger partial charge on any atom is 0.150 e. The molecule has 1 aromatic carbocycles. The van der Waals surface area contributed by atoms with Crippen LogP contribution in [0.5, 0.6) is 5.75 Å². The molecule has 2 rings (SSSR count). The normalized spacial score (nSPS) is 16.1. The van der Waals surface area contributed by atoms with Gasteiger partial charge in [-0.2, -0.15) is 0 Å². The van der Waals surface area contributed by atoms with Gasteiger partial charge in [-0.3, -0.25) is 4.90 Å². The van der Waals surface area contributed by atoms with Crippen LogP contribution in [0.1, 0.15) is 0 Å². The molecule has 0 aliphatic carbocycles. The molecule has 0 radical (unpaired) electrons. The predicted octanol–water partition coefficient (Wildman–Crippen LogP) is 1.53. The van der Waals surface area contributed by atoms with Crippen LogP contribution in [0.3, 0.4) is 0 Å². The molecule has 1 aliphatic rings. The molecule has 130 valence electrons. The highest BCUT2D eigenvalue weighted by molar-refractivity contribution is 5.51.